The number of aromatic nitrogens is 3. The first-order valence-electron chi connectivity index (χ1n) is 10.4. The zero-order chi connectivity index (χ0) is 21.8. The summed E-state index contributed by atoms with van der Waals surface area (Å²) in [4.78, 5) is 29.1. The lowest BCUT2D eigenvalue weighted by Gasteiger charge is -2.37. The van der Waals surface area contributed by atoms with E-state index < -0.39 is 0 Å². The van der Waals surface area contributed by atoms with Crippen LogP contribution >= 0.6 is 0 Å². The van der Waals surface area contributed by atoms with Crippen molar-refractivity contribution in [1.82, 2.24) is 15.0 Å². The maximum Gasteiger partial charge on any atom is 0.231 e. The minimum Gasteiger partial charge on any atom is -0.368 e. The van der Waals surface area contributed by atoms with Crippen molar-refractivity contribution in [1.29, 1.82) is 0 Å². The fourth-order valence-corrected chi connectivity index (χ4v) is 3.73. The van der Waals surface area contributed by atoms with Crippen LogP contribution in [0.4, 0.5) is 29.0 Å². The van der Waals surface area contributed by atoms with E-state index in [0.29, 0.717) is 17.6 Å². The van der Waals surface area contributed by atoms with Crippen LogP contribution in [-0.4, -0.2) is 47.0 Å². The van der Waals surface area contributed by atoms with E-state index in [2.05, 4.69) is 67.4 Å². The number of piperazine rings is 1. The van der Waals surface area contributed by atoms with Crippen molar-refractivity contribution in [3.05, 3.63) is 59.9 Å². The summed E-state index contributed by atoms with van der Waals surface area (Å²) in [6.45, 7) is 9.33. The van der Waals surface area contributed by atoms with Crippen LogP contribution in [-0.2, 0) is 4.79 Å². The molecule has 1 amide bonds. The van der Waals surface area contributed by atoms with E-state index in [4.69, 9.17) is 0 Å². The Bertz CT molecular complexity index is 1080. The standard InChI is InChI=1S/C23H27N7O/c1-16-6-4-9-21(17(16)2)29-10-12-30(13-11-29)23-25-15-24-22(28-23)27-20-8-5-7-19(14-20)26-18(3)31/h4-9,14-15H,10-13H2,1-3H3,(H,26,31)(H,24,25,27,28). The molecular weight excluding hydrogens is 390 g/mol. The number of nitrogens with one attached hydrogen (secondary N) is 2. The SMILES string of the molecule is CC(=O)Nc1cccc(Nc2ncnc(N3CCN(c4cccc(C)c4C)CC3)n2)c1. The molecule has 0 bridgehead atoms. The number of aryl methyl sites for hydroxylation is 1. The highest BCUT2D eigenvalue weighted by molar-refractivity contribution is 5.89. The maximum atomic E-state index is 11.3. The first kappa shape index (κ1) is 20.6. The van der Waals surface area contributed by atoms with Crippen LogP contribution in [0.1, 0.15) is 18.1 Å². The Morgan fingerprint density at radius 1 is 0.935 bits per heavy atom. The lowest BCUT2D eigenvalue weighted by atomic mass is 10.1. The normalized spacial score (nSPS) is 13.8. The first-order chi connectivity index (χ1) is 15.0. The Hall–Kier alpha value is -3.68. The third kappa shape index (κ3) is 4.91. The topological polar surface area (TPSA) is 86.3 Å². The highest BCUT2D eigenvalue weighted by Gasteiger charge is 2.21. The average molecular weight is 418 g/mol. The largest absolute Gasteiger partial charge is 0.368 e. The lowest BCUT2D eigenvalue weighted by molar-refractivity contribution is -0.114. The van der Waals surface area contributed by atoms with Crippen molar-refractivity contribution in [2.24, 2.45) is 0 Å². The summed E-state index contributed by atoms with van der Waals surface area (Å²) in [5.41, 5.74) is 5.47. The van der Waals surface area contributed by atoms with E-state index in [-0.39, 0.29) is 5.91 Å². The number of carbonyl (C=O) groups is 1. The molecule has 0 saturated carbocycles. The smallest absolute Gasteiger partial charge is 0.231 e. The van der Waals surface area contributed by atoms with Crippen LogP contribution in [0.3, 0.4) is 0 Å². The van der Waals surface area contributed by atoms with Gasteiger partial charge in [0.2, 0.25) is 17.8 Å². The molecule has 2 N–H and O–H groups in total. The van der Waals surface area contributed by atoms with Gasteiger partial charge in [-0.15, -0.1) is 0 Å². The Kier molecular flexibility index (Phi) is 5.97. The molecule has 1 aliphatic heterocycles. The second-order valence-corrected chi connectivity index (χ2v) is 7.69. The molecule has 4 rings (SSSR count). The summed E-state index contributed by atoms with van der Waals surface area (Å²) in [6.07, 6.45) is 1.53. The summed E-state index contributed by atoms with van der Waals surface area (Å²) in [5.74, 6) is 1.03. The molecule has 8 nitrogen and oxygen atoms in total. The summed E-state index contributed by atoms with van der Waals surface area (Å²) < 4.78 is 0. The molecule has 1 saturated heterocycles. The number of carbonyl (C=O) groups excluding carboxylic acids is 1. The van der Waals surface area contributed by atoms with Gasteiger partial charge in [0.25, 0.3) is 0 Å². The maximum absolute atomic E-state index is 11.3. The molecule has 0 unspecified atom stereocenters. The number of anilines is 5. The number of benzene rings is 2. The van der Waals surface area contributed by atoms with E-state index in [1.165, 1.54) is 30.1 Å². The third-order valence-electron chi connectivity index (χ3n) is 5.48. The van der Waals surface area contributed by atoms with Crippen LogP contribution in [0.5, 0.6) is 0 Å². The van der Waals surface area contributed by atoms with Crippen LogP contribution in [0.2, 0.25) is 0 Å². The quantitative estimate of drug-likeness (QED) is 0.657. The molecule has 2 heterocycles. The van der Waals surface area contributed by atoms with Gasteiger partial charge >= 0.3 is 0 Å². The van der Waals surface area contributed by atoms with E-state index in [1.54, 1.807) is 0 Å². The molecule has 0 aliphatic carbocycles. The summed E-state index contributed by atoms with van der Waals surface area (Å²) in [5, 5.41) is 5.97. The van der Waals surface area contributed by atoms with E-state index in [1.807, 2.05) is 24.3 Å². The molecule has 1 aliphatic rings. The van der Waals surface area contributed by atoms with Crippen molar-refractivity contribution in [2.45, 2.75) is 20.8 Å². The van der Waals surface area contributed by atoms with E-state index >= 15 is 0 Å². The van der Waals surface area contributed by atoms with Gasteiger partial charge in [0, 0.05) is 50.2 Å². The van der Waals surface area contributed by atoms with Gasteiger partial charge < -0.3 is 20.4 Å². The average Bonchev–Trinajstić information content (AvgIpc) is 2.76. The fraction of sp³-hybridized carbons (Fsp3) is 0.304. The van der Waals surface area contributed by atoms with Crippen molar-refractivity contribution < 1.29 is 4.79 Å². The van der Waals surface area contributed by atoms with Gasteiger partial charge in [-0.05, 0) is 49.2 Å². The second-order valence-electron chi connectivity index (χ2n) is 7.69. The molecule has 0 radical (unpaired) electrons. The molecule has 0 atom stereocenters. The van der Waals surface area contributed by atoms with Crippen LogP contribution in [0.15, 0.2) is 48.8 Å². The summed E-state index contributed by atoms with van der Waals surface area (Å²) >= 11 is 0. The molecule has 160 valence electrons. The molecule has 0 spiro atoms. The fourth-order valence-electron chi connectivity index (χ4n) is 3.73. The summed E-state index contributed by atoms with van der Waals surface area (Å²) in [7, 11) is 0. The Labute approximate surface area is 182 Å². The van der Waals surface area contributed by atoms with Crippen molar-refractivity contribution in [3.63, 3.8) is 0 Å². The number of rotatable bonds is 5. The predicted molar refractivity (Wildman–Crippen MR) is 124 cm³/mol. The van der Waals surface area contributed by atoms with Gasteiger partial charge in [-0.3, -0.25) is 4.79 Å². The highest BCUT2D eigenvalue weighted by atomic mass is 16.1. The molecule has 8 heteroatoms. The molecule has 1 aromatic heterocycles. The van der Waals surface area contributed by atoms with Crippen molar-refractivity contribution in [3.8, 4) is 0 Å². The Balaban J connectivity index is 1.42. The lowest BCUT2D eigenvalue weighted by Crippen LogP contribution is -2.47. The zero-order valence-electron chi connectivity index (χ0n) is 18.1. The number of hydrogen-bond donors (Lipinski definition) is 2. The number of nitrogens with zero attached hydrogens (tertiary/aromatic N) is 5. The van der Waals surface area contributed by atoms with Gasteiger partial charge in [0.15, 0.2) is 0 Å². The van der Waals surface area contributed by atoms with Crippen LogP contribution < -0.4 is 20.4 Å². The third-order valence-corrected chi connectivity index (χ3v) is 5.48. The second kappa shape index (κ2) is 8.99. The first-order valence-corrected chi connectivity index (χ1v) is 10.4. The van der Waals surface area contributed by atoms with Crippen molar-refractivity contribution >= 4 is 34.9 Å². The minimum atomic E-state index is -0.111. The van der Waals surface area contributed by atoms with Gasteiger partial charge in [-0.1, -0.05) is 18.2 Å². The molecule has 2 aromatic carbocycles. The van der Waals surface area contributed by atoms with Gasteiger partial charge in [0.05, 0.1) is 0 Å². The Morgan fingerprint density at radius 2 is 1.65 bits per heavy atom. The zero-order valence-corrected chi connectivity index (χ0v) is 18.1. The van der Waals surface area contributed by atoms with Crippen LogP contribution in [0, 0.1) is 13.8 Å². The molecular formula is C23H27N7O. The van der Waals surface area contributed by atoms with Gasteiger partial charge in [0.1, 0.15) is 6.33 Å². The molecule has 1 fully saturated rings. The van der Waals surface area contributed by atoms with Gasteiger partial charge in [-0.25, -0.2) is 9.97 Å². The van der Waals surface area contributed by atoms with Crippen molar-refractivity contribution in [2.75, 3.05) is 46.6 Å². The van der Waals surface area contributed by atoms with E-state index in [9.17, 15) is 4.79 Å². The van der Waals surface area contributed by atoms with E-state index in [0.717, 1.165) is 31.9 Å². The summed E-state index contributed by atoms with van der Waals surface area (Å²) in [6, 6.07) is 13.9. The number of hydrogen-bond acceptors (Lipinski definition) is 7. The predicted octanol–water partition coefficient (Wildman–Crippen LogP) is 3.52. The monoisotopic (exact) mass is 417 g/mol. The molecule has 31 heavy (non-hydrogen) atoms. The van der Waals surface area contributed by atoms with Crippen LogP contribution in [0.25, 0.3) is 0 Å². The van der Waals surface area contributed by atoms with Gasteiger partial charge in [-0.2, -0.15) is 4.98 Å². The Morgan fingerprint density at radius 3 is 2.42 bits per heavy atom. The molecule has 3 aromatic rings. The minimum absolute atomic E-state index is 0.111. The highest BCUT2D eigenvalue weighted by Crippen LogP contribution is 2.25. The number of amides is 1.